The first-order valence-electron chi connectivity index (χ1n) is 5.72. The summed E-state index contributed by atoms with van der Waals surface area (Å²) in [5.41, 5.74) is 0.832. The average molecular weight is 258 g/mol. The maximum absolute atomic E-state index is 12.5. The number of benzene rings is 2. The number of phenolic OH excluding ortho intramolecular Hbond substituents is 1. The van der Waals surface area contributed by atoms with Crippen LogP contribution in [0, 0.1) is 0 Å². The van der Waals surface area contributed by atoms with Gasteiger partial charge in [0.1, 0.15) is 22.8 Å². The molecule has 4 heteroatoms. The Morgan fingerprint density at radius 2 is 1.47 bits per heavy atom. The highest BCUT2D eigenvalue weighted by Gasteiger charge is 2.19. The lowest BCUT2D eigenvalue weighted by molar-refractivity contribution is 0.103. The molecule has 0 atom stereocenters. The third-order valence-electron chi connectivity index (χ3n) is 2.78. The number of ketones is 1. The van der Waals surface area contributed by atoms with Crippen LogP contribution in [0.5, 0.6) is 17.2 Å². The van der Waals surface area contributed by atoms with Gasteiger partial charge >= 0.3 is 0 Å². The van der Waals surface area contributed by atoms with Gasteiger partial charge < -0.3 is 14.6 Å². The van der Waals surface area contributed by atoms with E-state index in [9.17, 15) is 9.90 Å². The summed E-state index contributed by atoms with van der Waals surface area (Å²) in [6, 6.07) is 11.2. The van der Waals surface area contributed by atoms with Crippen molar-refractivity contribution in [3.8, 4) is 17.2 Å². The van der Waals surface area contributed by atoms with E-state index in [-0.39, 0.29) is 11.5 Å². The zero-order valence-electron chi connectivity index (χ0n) is 10.7. The minimum absolute atomic E-state index is 0.114. The van der Waals surface area contributed by atoms with Crippen molar-refractivity contribution in [2.24, 2.45) is 0 Å². The number of carbonyl (C=O) groups excluding carboxylic acids is 1. The molecule has 0 fully saturated rings. The van der Waals surface area contributed by atoms with Gasteiger partial charge in [0, 0.05) is 5.56 Å². The van der Waals surface area contributed by atoms with Crippen LogP contribution in [-0.2, 0) is 0 Å². The van der Waals surface area contributed by atoms with Gasteiger partial charge in [-0.1, -0.05) is 6.07 Å². The van der Waals surface area contributed by atoms with E-state index in [1.54, 1.807) is 30.3 Å². The summed E-state index contributed by atoms with van der Waals surface area (Å²) in [6.07, 6.45) is 0. The molecule has 0 saturated carbocycles. The van der Waals surface area contributed by atoms with Crippen molar-refractivity contribution >= 4 is 5.78 Å². The van der Waals surface area contributed by atoms with Gasteiger partial charge in [0.05, 0.1) is 14.2 Å². The van der Waals surface area contributed by atoms with Gasteiger partial charge in [0.15, 0.2) is 0 Å². The van der Waals surface area contributed by atoms with Crippen molar-refractivity contribution in [1.29, 1.82) is 0 Å². The van der Waals surface area contributed by atoms with E-state index in [1.165, 1.54) is 26.4 Å². The van der Waals surface area contributed by atoms with Crippen LogP contribution in [-0.4, -0.2) is 25.1 Å². The second-order valence-corrected chi connectivity index (χ2v) is 3.91. The zero-order valence-corrected chi connectivity index (χ0v) is 10.7. The molecule has 0 amide bonds. The molecule has 0 radical (unpaired) electrons. The van der Waals surface area contributed by atoms with E-state index in [0.717, 1.165) is 0 Å². The van der Waals surface area contributed by atoms with E-state index in [4.69, 9.17) is 9.47 Å². The molecule has 2 aromatic carbocycles. The lowest BCUT2D eigenvalue weighted by Crippen LogP contribution is -2.06. The quantitative estimate of drug-likeness (QED) is 0.856. The summed E-state index contributed by atoms with van der Waals surface area (Å²) in [7, 11) is 3.00. The summed E-state index contributed by atoms with van der Waals surface area (Å²) in [4.78, 5) is 12.5. The molecular formula is C15H14O4. The van der Waals surface area contributed by atoms with Crippen LogP contribution in [0.3, 0.4) is 0 Å². The molecule has 0 saturated heterocycles. The van der Waals surface area contributed by atoms with Crippen molar-refractivity contribution in [2.45, 2.75) is 0 Å². The fourth-order valence-corrected chi connectivity index (χ4v) is 1.83. The summed E-state index contributed by atoms with van der Waals surface area (Å²) in [5.74, 6) is 0.813. The Labute approximate surface area is 111 Å². The number of ether oxygens (including phenoxy) is 2. The highest BCUT2D eigenvalue weighted by molar-refractivity contribution is 6.12. The molecular weight excluding hydrogens is 244 g/mol. The Kier molecular flexibility index (Phi) is 3.71. The van der Waals surface area contributed by atoms with Crippen LogP contribution in [0.1, 0.15) is 15.9 Å². The summed E-state index contributed by atoms with van der Waals surface area (Å²) < 4.78 is 10.4. The van der Waals surface area contributed by atoms with Crippen LogP contribution < -0.4 is 9.47 Å². The SMILES string of the molecule is COc1cccc(OC)c1C(=O)c1ccc(O)cc1. The molecule has 19 heavy (non-hydrogen) atoms. The number of hydrogen-bond acceptors (Lipinski definition) is 4. The zero-order chi connectivity index (χ0) is 13.8. The van der Waals surface area contributed by atoms with Crippen molar-refractivity contribution < 1.29 is 19.4 Å². The monoisotopic (exact) mass is 258 g/mol. The molecule has 2 rings (SSSR count). The first-order chi connectivity index (χ1) is 9.17. The second-order valence-electron chi connectivity index (χ2n) is 3.91. The van der Waals surface area contributed by atoms with Gasteiger partial charge in [0.2, 0.25) is 5.78 Å². The predicted molar refractivity (Wildman–Crippen MR) is 71.1 cm³/mol. The number of carbonyl (C=O) groups is 1. The van der Waals surface area contributed by atoms with E-state index >= 15 is 0 Å². The van der Waals surface area contributed by atoms with E-state index in [1.807, 2.05) is 0 Å². The number of methoxy groups -OCH3 is 2. The van der Waals surface area contributed by atoms with Gasteiger partial charge in [-0.25, -0.2) is 0 Å². The smallest absolute Gasteiger partial charge is 0.200 e. The van der Waals surface area contributed by atoms with Crippen LogP contribution in [0.25, 0.3) is 0 Å². The minimum atomic E-state index is -0.214. The van der Waals surface area contributed by atoms with E-state index < -0.39 is 0 Å². The summed E-state index contributed by atoms with van der Waals surface area (Å²) in [6.45, 7) is 0. The highest BCUT2D eigenvalue weighted by Crippen LogP contribution is 2.30. The highest BCUT2D eigenvalue weighted by atomic mass is 16.5. The first kappa shape index (κ1) is 13.0. The fourth-order valence-electron chi connectivity index (χ4n) is 1.83. The first-order valence-corrected chi connectivity index (χ1v) is 5.72. The van der Waals surface area contributed by atoms with Gasteiger partial charge in [0.25, 0.3) is 0 Å². The molecule has 0 aliphatic carbocycles. The maximum atomic E-state index is 12.5. The van der Waals surface area contributed by atoms with Gasteiger partial charge in [-0.2, -0.15) is 0 Å². The molecule has 0 aromatic heterocycles. The molecule has 0 spiro atoms. The van der Waals surface area contributed by atoms with E-state index in [2.05, 4.69) is 0 Å². The number of rotatable bonds is 4. The number of aromatic hydroxyl groups is 1. The Balaban J connectivity index is 2.51. The standard InChI is InChI=1S/C15H14O4/c1-18-12-4-3-5-13(19-2)14(12)15(17)10-6-8-11(16)9-7-10/h3-9,16H,1-2H3. The van der Waals surface area contributed by atoms with E-state index in [0.29, 0.717) is 22.6 Å². The van der Waals surface area contributed by atoms with Crippen LogP contribution in [0.2, 0.25) is 0 Å². The van der Waals surface area contributed by atoms with Crippen LogP contribution in [0.4, 0.5) is 0 Å². The molecule has 0 aliphatic heterocycles. The second kappa shape index (κ2) is 5.44. The summed E-state index contributed by atoms with van der Waals surface area (Å²) >= 11 is 0. The Morgan fingerprint density at radius 3 is 1.95 bits per heavy atom. The van der Waals surface area contributed by atoms with Gasteiger partial charge in [-0.05, 0) is 36.4 Å². The topological polar surface area (TPSA) is 55.8 Å². The molecule has 0 heterocycles. The molecule has 0 aliphatic rings. The largest absolute Gasteiger partial charge is 0.508 e. The average Bonchev–Trinajstić information content (AvgIpc) is 2.46. The van der Waals surface area contributed by atoms with Gasteiger partial charge in [-0.3, -0.25) is 4.79 Å². The lowest BCUT2D eigenvalue weighted by atomic mass is 10.0. The third-order valence-corrected chi connectivity index (χ3v) is 2.78. The van der Waals surface area contributed by atoms with Gasteiger partial charge in [-0.15, -0.1) is 0 Å². The Bertz CT molecular complexity index is 565. The molecule has 2 aromatic rings. The molecule has 4 nitrogen and oxygen atoms in total. The number of phenols is 1. The van der Waals surface area contributed by atoms with Crippen molar-refractivity contribution in [1.82, 2.24) is 0 Å². The molecule has 0 bridgehead atoms. The number of hydrogen-bond donors (Lipinski definition) is 1. The van der Waals surface area contributed by atoms with Crippen molar-refractivity contribution in [3.05, 3.63) is 53.6 Å². The minimum Gasteiger partial charge on any atom is -0.508 e. The molecule has 1 N–H and O–H groups in total. The molecule has 0 unspecified atom stereocenters. The Morgan fingerprint density at radius 1 is 0.947 bits per heavy atom. The predicted octanol–water partition coefficient (Wildman–Crippen LogP) is 2.64. The van der Waals surface area contributed by atoms with Crippen molar-refractivity contribution in [3.63, 3.8) is 0 Å². The lowest BCUT2D eigenvalue weighted by Gasteiger charge is -2.12. The fraction of sp³-hybridized carbons (Fsp3) is 0.133. The third kappa shape index (κ3) is 2.52. The van der Waals surface area contributed by atoms with Crippen molar-refractivity contribution in [2.75, 3.05) is 14.2 Å². The maximum Gasteiger partial charge on any atom is 0.200 e. The normalized spacial score (nSPS) is 10.0. The van der Waals surface area contributed by atoms with Crippen LogP contribution >= 0.6 is 0 Å². The summed E-state index contributed by atoms with van der Waals surface area (Å²) in [5, 5.41) is 9.25. The van der Waals surface area contributed by atoms with Crippen LogP contribution in [0.15, 0.2) is 42.5 Å². The Hall–Kier alpha value is -2.49. The molecule has 98 valence electrons.